The van der Waals surface area contributed by atoms with E-state index in [4.69, 9.17) is 14.2 Å². The number of rotatable bonds is 11. The zero-order valence-electron chi connectivity index (χ0n) is 28.8. The lowest BCUT2D eigenvalue weighted by Gasteiger charge is -2.37. The van der Waals surface area contributed by atoms with E-state index in [1.807, 2.05) is 90.2 Å². The van der Waals surface area contributed by atoms with Gasteiger partial charge in [-0.15, -0.1) is 0 Å². The van der Waals surface area contributed by atoms with E-state index in [9.17, 15) is 24.6 Å². The summed E-state index contributed by atoms with van der Waals surface area (Å²) in [6.45, 7) is 6.05. The first-order chi connectivity index (χ1) is 24.6. The summed E-state index contributed by atoms with van der Waals surface area (Å²) in [4.78, 5) is 39.4. The molecule has 0 unspecified atom stereocenters. The van der Waals surface area contributed by atoms with Crippen LogP contribution in [0.4, 0.5) is 0 Å². The molecule has 274 valence electrons. The molecule has 0 atom stereocenters. The standard InChI is InChI=1S/C40H38I4O8/c1-39(2,23-7-5-4-6-8-23)52-34(45)17-18-40(3,24-9-13-28(14-10-24)50-37(48)30-19-26(41)21-32(43)35(30)46)25-11-15-29(16-12-25)51-38(49)31-20-27(42)22-33(44)36(31)47/h9-16,19-23,46-47H,4-8,17-18H2,1-3H3. The molecule has 1 aliphatic rings. The van der Waals surface area contributed by atoms with Gasteiger partial charge in [-0.25, -0.2) is 9.59 Å². The monoisotopic (exact) mass is 1150 g/mol. The first kappa shape index (κ1) is 41.0. The maximum atomic E-state index is 13.4. The molecule has 1 saturated carbocycles. The highest BCUT2D eigenvalue weighted by Gasteiger charge is 2.36. The molecule has 12 heteroatoms. The summed E-state index contributed by atoms with van der Waals surface area (Å²) in [5.74, 6) is -0.950. The number of carbonyl (C=O) groups is 3. The summed E-state index contributed by atoms with van der Waals surface area (Å²) < 4.78 is 20.1. The molecule has 0 aromatic heterocycles. The zero-order valence-corrected chi connectivity index (χ0v) is 37.4. The normalized spacial score (nSPS) is 13.8. The minimum atomic E-state index is -0.701. The third-order valence-electron chi connectivity index (χ3n) is 9.69. The summed E-state index contributed by atoms with van der Waals surface area (Å²) >= 11 is 8.11. The molecule has 0 aliphatic heterocycles. The average Bonchev–Trinajstić information content (AvgIpc) is 3.11. The van der Waals surface area contributed by atoms with Crippen molar-refractivity contribution in [1.82, 2.24) is 0 Å². The van der Waals surface area contributed by atoms with Gasteiger partial charge in [-0.3, -0.25) is 4.79 Å². The smallest absolute Gasteiger partial charge is 0.347 e. The Morgan fingerprint density at radius 3 is 1.52 bits per heavy atom. The topological polar surface area (TPSA) is 119 Å². The van der Waals surface area contributed by atoms with Crippen molar-refractivity contribution >= 4 is 108 Å². The number of phenols is 2. The second-order valence-corrected chi connectivity index (χ2v) is 18.5. The van der Waals surface area contributed by atoms with E-state index in [0.717, 1.165) is 44.0 Å². The van der Waals surface area contributed by atoms with Crippen LogP contribution in [0.15, 0.2) is 72.8 Å². The number of halogens is 4. The quantitative estimate of drug-likeness (QED) is 0.0866. The van der Waals surface area contributed by atoms with Gasteiger partial charge in [0, 0.05) is 19.0 Å². The van der Waals surface area contributed by atoms with Gasteiger partial charge in [0.25, 0.3) is 0 Å². The molecular formula is C40H38I4O8. The van der Waals surface area contributed by atoms with Gasteiger partial charge in [-0.05, 0) is 189 Å². The van der Waals surface area contributed by atoms with Gasteiger partial charge >= 0.3 is 17.9 Å². The van der Waals surface area contributed by atoms with Crippen LogP contribution in [-0.2, 0) is 14.9 Å². The van der Waals surface area contributed by atoms with Crippen molar-refractivity contribution in [2.75, 3.05) is 0 Å². The molecule has 5 rings (SSSR count). The number of aromatic hydroxyl groups is 2. The van der Waals surface area contributed by atoms with Crippen molar-refractivity contribution in [2.24, 2.45) is 5.92 Å². The first-order valence-corrected chi connectivity index (χ1v) is 21.1. The third-order valence-corrected chi connectivity index (χ3v) is 12.6. The molecule has 0 radical (unpaired) electrons. The predicted molar refractivity (Wildman–Crippen MR) is 232 cm³/mol. The van der Waals surface area contributed by atoms with Crippen LogP contribution in [-0.4, -0.2) is 33.7 Å². The van der Waals surface area contributed by atoms with E-state index in [1.165, 1.54) is 6.42 Å². The molecule has 0 bridgehead atoms. The van der Waals surface area contributed by atoms with Crippen molar-refractivity contribution < 1.29 is 38.8 Å². The predicted octanol–water partition coefficient (Wildman–Crippen LogP) is 10.9. The highest BCUT2D eigenvalue weighted by atomic mass is 127. The Labute approximate surface area is 358 Å². The summed E-state index contributed by atoms with van der Waals surface area (Å²) in [6.07, 6.45) is 6.19. The molecule has 0 saturated heterocycles. The number of hydrogen-bond acceptors (Lipinski definition) is 8. The highest BCUT2D eigenvalue weighted by Crippen LogP contribution is 2.40. The van der Waals surface area contributed by atoms with E-state index >= 15 is 0 Å². The van der Waals surface area contributed by atoms with E-state index in [1.54, 1.807) is 48.5 Å². The van der Waals surface area contributed by atoms with E-state index in [0.29, 0.717) is 31.0 Å². The molecule has 8 nitrogen and oxygen atoms in total. The van der Waals surface area contributed by atoms with E-state index in [-0.39, 0.29) is 35.0 Å². The van der Waals surface area contributed by atoms with Crippen LogP contribution in [0.2, 0.25) is 0 Å². The van der Waals surface area contributed by atoms with Crippen molar-refractivity contribution in [3.8, 4) is 23.0 Å². The van der Waals surface area contributed by atoms with Gasteiger partial charge in [0.05, 0.1) is 7.14 Å². The Balaban J connectivity index is 1.38. The Hall–Kier alpha value is -2.19. The third kappa shape index (κ3) is 9.91. The van der Waals surface area contributed by atoms with Gasteiger partial charge in [-0.2, -0.15) is 0 Å². The number of benzene rings is 4. The fraction of sp³-hybridized carbons (Fsp3) is 0.325. The Morgan fingerprint density at radius 2 is 1.10 bits per heavy atom. The second kappa shape index (κ2) is 17.5. The van der Waals surface area contributed by atoms with E-state index < -0.39 is 23.0 Å². The SMILES string of the molecule is CC(CCC(=O)OC(C)(C)C1CCCCC1)(c1ccc(OC(=O)c2cc(I)cc(I)c2O)cc1)c1ccc(OC(=O)c2cc(I)cc(I)c2O)cc1. The zero-order chi connectivity index (χ0) is 37.8. The molecule has 4 aromatic rings. The number of hydrogen-bond donors (Lipinski definition) is 2. The lowest BCUT2D eigenvalue weighted by molar-refractivity contribution is -0.163. The summed E-state index contributed by atoms with van der Waals surface area (Å²) in [7, 11) is 0. The summed E-state index contributed by atoms with van der Waals surface area (Å²) in [6, 6.07) is 20.9. The average molecular weight is 1150 g/mol. The van der Waals surface area contributed by atoms with Crippen molar-refractivity contribution in [2.45, 2.75) is 76.7 Å². The van der Waals surface area contributed by atoms with E-state index in [2.05, 4.69) is 45.2 Å². The molecule has 1 fully saturated rings. The molecular weight excluding hydrogens is 1120 g/mol. The van der Waals surface area contributed by atoms with Gasteiger partial charge in [-0.1, -0.05) is 50.5 Å². The number of esters is 3. The van der Waals surface area contributed by atoms with Crippen molar-refractivity contribution in [3.05, 3.63) is 109 Å². The molecule has 1 aliphatic carbocycles. The molecule has 0 spiro atoms. The van der Waals surface area contributed by atoms with Gasteiger partial charge in [0.1, 0.15) is 39.7 Å². The van der Waals surface area contributed by atoms with Gasteiger partial charge in [0.2, 0.25) is 0 Å². The van der Waals surface area contributed by atoms with Crippen molar-refractivity contribution in [1.29, 1.82) is 0 Å². The lowest BCUT2D eigenvalue weighted by Crippen LogP contribution is -2.38. The van der Waals surface area contributed by atoms with Crippen LogP contribution in [0.3, 0.4) is 0 Å². The van der Waals surface area contributed by atoms with Crippen LogP contribution < -0.4 is 9.47 Å². The largest absolute Gasteiger partial charge is 0.506 e. The minimum absolute atomic E-state index is 0.0765. The molecule has 4 aromatic carbocycles. The minimum Gasteiger partial charge on any atom is -0.506 e. The summed E-state index contributed by atoms with van der Waals surface area (Å²) in [5, 5.41) is 20.9. The maximum Gasteiger partial charge on any atom is 0.347 e. The molecule has 2 N–H and O–H groups in total. The fourth-order valence-electron chi connectivity index (χ4n) is 6.58. The van der Waals surface area contributed by atoms with Crippen LogP contribution in [0.1, 0.15) is 97.6 Å². The number of ether oxygens (including phenoxy) is 3. The molecule has 52 heavy (non-hydrogen) atoms. The Bertz CT molecular complexity index is 1840. The second-order valence-electron chi connectivity index (χ2n) is 13.6. The van der Waals surface area contributed by atoms with Crippen LogP contribution in [0.25, 0.3) is 0 Å². The first-order valence-electron chi connectivity index (χ1n) is 16.8. The maximum absolute atomic E-state index is 13.4. The lowest BCUT2D eigenvalue weighted by atomic mass is 9.73. The van der Waals surface area contributed by atoms with Crippen molar-refractivity contribution in [3.63, 3.8) is 0 Å². The highest BCUT2D eigenvalue weighted by molar-refractivity contribution is 14.1. The molecule has 0 amide bonds. The van der Waals surface area contributed by atoms with Crippen LogP contribution >= 0.6 is 90.4 Å². The van der Waals surface area contributed by atoms with Gasteiger partial charge in [0.15, 0.2) is 0 Å². The Kier molecular flexibility index (Phi) is 13.8. The number of carbonyl (C=O) groups excluding carboxylic acids is 3. The Morgan fingerprint density at radius 1 is 0.673 bits per heavy atom. The van der Waals surface area contributed by atoms with Crippen LogP contribution in [0.5, 0.6) is 23.0 Å². The van der Waals surface area contributed by atoms with Gasteiger partial charge < -0.3 is 24.4 Å². The fourth-order valence-corrected chi connectivity index (χ4v) is 10.3. The van der Waals surface area contributed by atoms with Crippen LogP contribution in [0, 0.1) is 20.2 Å². The molecule has 0 heterocycles. The summed E-state index contributed by atoms with van der Waals surface area (Å²) in [5.41, 5.74) is 0.618. The number of phenolic OH excluding ortho intramolecular Hbond substituents is 2.